The summed E-state index contributed by atoms with van der Waals surface area (Å²) >= 11 is 0. The number of rotatable bonds is 4. The van der Waals surface area contributed by atoms with Gasteiger partial charge in [0.1, 0.15) is 11.3 Å². The zero-order chi connectivity index (χ0) is 18.6. The first-order valence-corrected chi connectivity index (χ1v) is 8.83. The number of fused-ring (bicyclic) bond motifs is 1. The molecule has 138 valence electrons. The van der Waals surface area contributed by atoms with Crippen LogP contribution in [0.5, 0.6) is 5.75 Å². The Labute approximate surface area is 155 Å². The molecule has 1 atom stereocenters. The van der Waals surface area contributed by atoms with Gasteiger partial charge in [0, 0.05) is 36.2 Å². The fourth-order valence-electron chi connectivity index (χ4n) is 3.09. The zero-order valence-electron chi connectivity index (χ0n) is 14.7. The molecule has 1 aliphatic heterocycles. The van der Waals surface area contributed by atoms with Crippen LogP contribution in [0.15, 0.2) is 69.9 Å². The number of carbonyl (C=O) groups is 1. The van der Waals surface area contributed by atoms with Crippen molar-refractivity contribution in [2.45, 2.75) is 6.10 Å². The molecular weight excluding hydrogens is 346 g/mol. The number of ether oxygens (including phenoxy) is 2. The molecule has 0 spiro atoms. The summed E-state index contributed by atoms with van der Waals surface area (Å²) in [7, 11) is 0. The molecule has 27 heavy (non-hydrogen) atoms. The highest BCUT2D eigenvalue weighted by Gasteiger charge is 2.29. The third-order valence-electron chi connectivity index (χ3n) is 4.50. The molecule has 0 saturated carbocycles. The van der Waals surface area contributed by atoms with Crippen molar-refractivity contribution in [2.75, 3.05) is 26.3 Å². The van der Waals surface area contributed by atoms with E-state index in [0.717, 1.165) is 10.9 Å². The molecule has 1 aromatic heterocycles. The van der Waals surface area contributed by atoms with Crippen LogP contribution >= 0.6 is 0 Å². The molecule has 1 amide bonds. The van der Waals surface area contributed by atoms with E-state index in [2.05, 4.69) is 0 Å². The lowest BCUT2D eigenvalue weighted by Gasteiger charge is -2.30. The highest BCUT2D eigenvalue weighted by Crippen LogP contribution is 2.27. The van der Waals surface area contributed by atoms with Crippen molar-refractivity contribution in [3.05, 3.63) is 76.6 Å². The zero-order valence-corrected chi connectivity index (χ0v) is 14.7. The van der Waals surface area contributed by atoms with Crippen LogP contribution in [0.1, 0.15) is 11.7 Å². The first-order chi connectivity index (χ1) is 13.2. The molecule has 6 nitrogen and oxygen atoms in total. The third-order valence-corrected chi connectivity index (χ3v) is 4.50. The lowest BCUT2D eigenvalue weighted by atomic mass is 10.1. The molecule has 3 aromatic rings. The van der Waals surface area contributed by atoms with Crippen LogP contribution in [0.4, 0.5) is 0 Å². The fourth-order valence-corrected chi connectivity index (χ4v) is 3.09. The molecule has 2 aromatic carbocycles. The summed E-state index contributed by atoms with van der Waals surface area (Å²) < 4.78 is 16.6. The predicted octanol–water partition coefficient (Wildman–Crippen LogP) is 2.77. The number of hydrogen-bond donors (Lipinski definition) is 0. The molecule has 0 radical (unpaired) electrons. The van der Waals surface area contributed by atoms with Gasteiger partial charge in [-0.05, 0) is 18.2 Å². The number of benzene rings is 2. The Hall–Kier alpha value is -3.12. The van der Waals surface area contributed by atoms with E-state index in [0.29, 0.717) is 37.6 Å². The number of morpholine rings is 1. The molecule has 6 heteroatoms. The molecular formula is C21H19NO5. The maximum Gasteiger partial charge on any atom is 0.336 e. The van der Waals surface area contributed by atoms with E-state index >= 15 is 0 Å². The predicted molar refractivity (Wildman–Crippen MR) is 99.7 cm³/mol. The van der Waals surface area contributed by atoms with Crippen LogP contribution in [-0.2, 0) is 9.53 Å². The number of amides is 1. The minimum absolute atomic E-state index is 0.112. The van der Waals surface area contributed by atoms with Crippen LogP contribution in [0.2, 0.25) is 0 Å². The van der Waals surface area contributed by atoms with E-state index < -0.39 is 11.7 Å². The average molecular weight is 365 g/mol. The second-order valence-corrected chi connectivity index (χ2v) is 6.30. The summed E-state index contributed by atoms with van der Waals surface area (Å²) in [6, 6.07) is 17.6. The fraction of sp³-hybridized carbons (Fsp3) is 0.238. The smallest absolute Gasteiger partial charge is 0.336 e. The van der Waals surface area contributed by atoms with Gasteiger partial charge in [-0.1, -0.05) is 30.3 Å². The van der Waals surface area contributed by atoms with Gasteiger partial charge >= 0.3 is 5.63 Å². The van der Waals surface area contributed by atoms with Gasteiger partial charge in [-0.15, -0.1) is 0 Å². The first kappa shape index (κ1) is 17.3. The van der Waals surface area contributed by atoms with Crippen molar-refractivity contribution in [3.8, 4) is 5.75 Å². The third kappa shape index (κ3) is 3.85. The van der Waals surface area contributed by atoms with Crippen molar-refractivity contribution in [3.63, 3.8) is 0 Å². The van der Waals surface area contributed by atoms with E-state index in [1.54, 1.807) is 29.2 Å². The highest BCUT2D eigenvalue weighted by atomic mass is 16.5. The van der Waals surface area contributed by atoms with Gasteiger partial charge in [0.25, 0.3) is 5.91 Å². The van der Waals surface area contributed by atoms with Crippen molar-refractivity contribution < 1.29 is 18.7 Å². The minimum atomic E-state index is -0.780. The van der Waals surface area contributed by atoms with Gasteiger partial charge in [-0.25, -0.2) is 4.79 Å². The van der Waals surface area contributed by atoms with E-state index in [1.807, 2.05) is 30.3 Å². The van der Waals surface area contributed by atoms with E-state index in [1.165, 1.54) is 6.07 Å². The summed E-state index contributed by atoms with van der Waals surface area (Å²) in [5.74, 6) is 0.353. The summed E-state index contributed by atoms with van der Waals surface area (Å²) in [4.78, 5) is 26.3. The Kier molecular flexibility index (Phi) is 4.89. The van der Waals surface area contributed by atoms with Crippen LogP contribution < -0.4 is 10.4 Å². The van der Waals surface area contributed by atoms with Crippen molar-refractivity contribution in [1.82, 2.24) is 4.90 Å². The molecule has 1 fully saturated rings. The van der Waals surface area contributed by atoms with Gasteiger partial charge in [0.2, 0.25) is 6.10 Å². The summed E-state index contributed by atoms with van der Waals surface area (Å²) in [5, 5.41) is 0.790. The normalized spacial score (nSPS) is 15.5. The largest absolute Gasteiger partial charge is 0.476 e. The molecule has 2 heterocycles. The van der Waals surface area contributed by atoms with E-state index in [9.17, 15) is 9.59 Å². The maximum absolute atomic E-state index is 13.1. The standard InChI is InChI=1S/C21H19NO5/c23-19-9-7-15-6-8-17(14-18(15)27-19)26-20(16-4-2-1-3-5-16)21(24)22-10-12-25-13-11-22/h1-9,14,20H,10-13H2/t20-/m1/s1. The monoisotopic (exact) mass is 365 g/mol. The van der Waals surface area contributed by atoms with Crippen molar-refractivity contribution >= 4 is 16.9 Å². The summed E-state index contributed by atoms with van der Waals surface area (Å²) in [6.45, 7) is 2.12. The SMILES string of the molecule is O=C([C@H](Oc1ccc2ccc(=O)oc2c1)c1ccccc1)N1CCOCC1. The Morgan fingerprint density at radius 2 is 1.74 bits per heavy atom. The number of hydrogen-bond acceptors (Lipinski definition) is 5. The maximum atomic E-state index is 13.1. The molecule has 4 rings (SSSR count). The Morgan fingerprint density at radius 3 is 2.52 bits per heavy atom. The topological polar surface area (TPSA) is 69.0 Å². The van der Waals surface area contributed by atoms with Crippen LogP contribution in [-0.4, -0.2) is 37.1 Å². The molecule has 1 aliphatic rings. The average Bonchev–Trinajstić information content (AvgIpc) is 2.72. The van der Waals surface area contributed by atoms with Gasteiger partial charge in [0.05, 0.1) is 13.2 Å². The minimum Gasteiger partial charge on any atom is -0.476 e. The second-order valence-electron chi connectivity index (χ2n) is 6.30. The van der Waals surface area contributed by atoms with Crippen LogP contribution in [0.25, 0.3) is 11.0 Å². The van der Waals surface area contributed by atoms with Gasteiger partial charge in [-0.3, -0.25) is 4.79 Å². The number of carbonyl (C=O) groups excluding carboxylic acids is 1. The number of nitrogens with zero attached hydrogens (tertiary/aromatic N) is 1. The lowest BCUT2D eigenvalue weighted by molar-refractivity contribution is -0.143. The molecule has 0 aliphatic carbocycles. The van der Waals surface area contributed by atoms with E-state index in [-0.39, 0.29) is 5.91 Å². The summed E-state index contributed by atoms with van der Waals surface area (Å²) in [5.41, 5.74) is 0.762. The van der Waals surface area contributed by atoms with Gasteiger partial charge < -0.3 is 18.8 Å². The van der Waals surface area contributed by atoms with E-state index in [4.69, 9.17) is 13.9 Å². The Balaban J connectivity index is 1.66. The molecule has 0 unspecified atom stereocenters. The van der Waals surface area contributed by atoms with Crippen molar-refractivity contribution in [2.24, 2.45) is 0 Å². The second kappa shape index (κ2) is 7.63. The lowest BCUT2D eigenvalue weighted by Crippen LogP contribution is -2.44. The van der Waals surface area contributed by atoms with Gasteiger partial charge in [0.15, 0.2) is 0 Å². The first-order valence-electron chi connectivity index (χ1n) is 8.83. The molecule has 0 bridgehead atoms. The summed E-state index contributed by atoms with van der Waals surface area (Å²) in [6.07, 6.45) is -0.780. The van der Waals surface area contributed by atoms with Crippen molar-refractivity contribution in [1.29, 1.82) is 0 Å². The quantitative estimate of drug-likeness (QED) is 0.665. The molecule has 1 saturated heterocycles. The Bertz CT molecular complexity index is 992. The van der Waals surface area contributed by atoms with Gasteiger partial charge in [-0.2, -0.15) is 0 Å². The van der Waals surface area contributed by atoms with Crippen LogP contribution in [0, 0.1) is 0 Å². The molecule has 0 N–H and O–H groups in total. The Morgan fingerprint density at radius 1 is 1.00 bits per heavy atom. The highest BCUT2D eigenvalue weighted by molar-refractivity contribution is 5.83. The van der Waals surface area contributed by atoms with Crippen LogP contribution in [0.3, 0.4) is 0 Å².